The Morgan fingerprint density at radius 1 is 0.636 bits per heavy atom. The van der Waals surface area contributed by atoms with Crippen LogP contribution < -0.4 is 81.7 Å². The maximum Gasteiger partial charge on any atom is 1.00 e. The van der Waals surface area contributed by atoms with Crippen LogP contribution in [0.4, 0.5) is 0 Å². The average molecular weight is 1210 g/mol. The summed E-state index contributed by atoms with van der Waals surface area (Å²) in [5.41, 5.74) is 9.81. The number of nitrogens with zero attached hydrogens (tertiary/aromatic N) is 2. The number of carbonyl (C=O) groups excluding carboxylic acids is 6. The van der Waals surface area contributed by atoms with E-state index in [1.54, 1.807) is 30.3 Å². The second-order valence-corrected chi connectivity index (χ2v) is 24.1. The molecule has 0 saturated carbocycles. The molecule has 414 valence electrons. The van der Waals surface area contributed by atoms with Crippen LogP contribution in [0.3, 0.4) is 0 Å². The van der Waals surface area contributed by atoms with Crippen molar-refractivity contribution in [1.82, 2.24) is 20.9 Å². The first-order valence-electron chi connectivity index (χ1n) is 24.4. The molecule has 0 radical (unpaired) electrons. The molecule has 1 aliphatic rings. The second kappa shape index (κ2) is 28.9. The van der Waals surface area contributed by atoms with E-state index in [1.807, 2.05) is 135 Å². The first-order chi connectivity index (χ1) is 34.4. The Morgan fingerprint density at radius 3 is 1.26 bits per heavy atom. The predicted molar refractivity (Wildman–Crippen MR) is 285 cm³/mol. The molecule has 0 unspecified atom stereocenters. The summed E-state index contributed by atoms with van der Waals surface area (Å²) in [7, 11) is -2.71. The Hall–Kier alpha value is -4.07. The molecule has 77 heavy (non-hydrogen) atoms. The molecule has 0 bridgehead atoms. The zero-order chi connectivity index (χ0) is 57.3. The summed E-state index contributed by atoms with van der Waals surface area (Å²) in [6.07, 6.45) is 2.46. The van der Waals surface area contributed by atoms with Crippen LogP contribution in [0.1, 0.15) is 180 Å². The Labute approximate surface area is 488 Å². The third kappa shape index (κ3) is 19.9. The molecule has 1 aliphatic heterocycles. The monoisotopic (exact) mass is 1210 g/mol. The summed E-state index contributed by atoms with van der Waals surface area (Å²) in [6, 6.07) is 19.4. The van der Waals surface area contributed by atoms with Crippen LogP contribution >= 0.6 is 12.4 Å². The van der Waals surface area contributed by atoms with Gasteiger partial charge in [0, 0.05) is 36.8 Å². The molecule has 1 heterocycles. The molecule has 23 heteroatoms. The van der Waals surface area contributed by atoms with Gasteiger partial charge in [-0.05, 0) is 139 Å². The van der Waals surface area contributed by atoms with Gasteiger partial charge in [0.15, 0.2) is 0 Å². The number of aryl methyl sites for hydroxylation is 4. The van der Waals surface area contributed by atoms with Gasteiger partial charge < -0.3 is 19.4 Å². The number of hydrogen-bond acceptors (Lipinski definition) is 14. The van der Waals surface area contributed by atoms with Gasteiger partial charge in [-0.15, -0.1) is 12.4 Å². The van der Waals surface area contributed by atoms with Gasteiger partial charge in [0.05, 0.1) is 23.3 Å². The van der Waals surface area contributed by atoms with Crippen molar-refractivity contribution in [1.29, 1.82) is 0 Å². The van der Waals surface area contributed by atoms with Crippen LogP contribution in [0.15, 0.2) is 72.8 Å². The van der Waals surface area contributed by atoms with Crippen LogP contribution in [0.2, 0.25) is 0 Å². The van der Waals surface area contributed by atoms with E-state index < -0.39 is 57.3 Å². The Balaban J connectivity index is 0.000000699. The molecule has 5 N–H and O–H groups in total. The minimum atomic E-state index is -5.69. The van der Waals surface area contributed by atoms with Crippen LogP contribution in [-0.2, 0) is 9.31 Å². The van der Waals surface area contributed by atoms with Gasteiger partial charge in [0.2, 0.25) is 0 Å². The SMILES string of the molecule is CC[C@@H](N(NC(=O)c1ccc(C=O)c(B(O)O)c1)C(=O)c1cc(C)cc(C)c1)C(C)(C)C.CC[C@@H](N(NC(=O)c1ccc(C=O)c(B2OC(C)(C)C(C)(C)O2)c1)C(=O)c1cc(C)cc(C)c1)C(C)(C)C.Cl.[Na+].[O-][I+3]([O-])([O-])O. The molecule has 4 amide bonds. The molecule has 2 atom stereocenters. The zero-order valence-corrected chi connectivity index (χ0v) is 52.3. The first kappa shape index (κ1) is 70.9. The summed E-state index contributed by atoms with van der Waals surface area (Å²) < 4.78 is 45.5. The van der Waals surface area contributed by atoms with Crippen LogP contribution in [-0.4, -0.2) is 97.2 Å². The fourth-order valence-corrected chi connectivity index (χ4v) is 8.77. The van der Waals surface area contributed by atoms with Gasteiger partial charge >= 0.3 is 63.9 Å². The number of aldehydes is 2. The second-order valence-electron chi connectivity index (χ2n) is 21.8. The molecule has 4 aromatic rings. The zero-order valence-electron chi connectivity index (χ0n) is 47.3. The number of amides is 4. The van der Waals surface area contributed by atoms with Crippen molar-refractivity contribution >= 4 is 73.8 Å². The predicted octanol–water partition coefficient (Wildman–Crippen LogP) is -2.26. The Morgan fingerprint density at radius 2 is 0.961 bits per heavy atom. The number of hydrazine groups is 2. The van der Waals surface area contributed by atoms with E-state index in [2.05, 4.69) is 10.9 Å². The molecule has 1 saturated heterocycles. The largest absolute Gasteiger partial charge is 1.00 e. The Kier molecular flexibility index (Phi) is 26.6. The van der Waals surface area contributed by atoms with Crippen molar-refractivity contribution in [3.63, 3.8) is 0 Å². The Bertz CT molecular complexity index is 2670. The van der Waals surface area contributed by atoms with Crippen LogP contribution in [0.5, 0.6) is 0 Å². The third-order valence-corrected chi connectivity index (χ3v) is 13.0. The summed E-state index contributed by atoms with van der Waals surface area (Å²) >= 11 is -5.69. The van der Waals surface area contributed by atoms with Crippen molar-refractivity contribution in [2.24, 2.45) is 10.8 Å². The molecular formula is C54H74B2ClIN4NaO14+. The average Bonchev–Trinajstić information content (AvgIpc) is 3.50. The third-order valence-electron chi connectivity index (χ3n) is 13.0. The molecule has 18 nitrogen and oxygen atoms in total. The summed E-state index contributed by atoms with van der Waals surface area (Å²) in [4.78, 5) is 77.0. The van der Waals surface area contributed by atoms with E-state index in [0.717, 1.165) is 28.5 Å². The van der Waals surface area contributed by atoms with Crippen molar-refractivity contribution < 1.29 is 112 Å². The topological polar surface area (TPSA) is 281 Å². The van der Waals surface area contributed by atoms with Crippen molar-refractivity contribution in [2.45, 2.75) is 147 Å². The fraction of sp³-hybridized carbons (Fsp3) is 0.444. The van der Waals surface area contributed by atoms with Gasteiger partial charge in [-0.2, -0.15) is 0 Å². The van der Waals surface area contributed by atoms with Gasteiger partial charge in [0.1, 0.15) is 12.6 Å². The van der Waals surface area contributed by atoms with Crippen LogP contribution in [0, 0.1) is 38.5 Å². The number of benzene rings is 4. The maximum absolute atomic E-state index is 13.8. The van der Waals surface area contributed by atoms with Crippen LogP contribution in [0.25, 0.3) is 0 Å². The van der Waals surface area contributed by atoms with Crippen molar-refractivity contribution in [2.75, 3.05) is 0 Å². The van der Waals surface area contributed by atoms with Gasteiger partial charge in [-0.3, -0.25) is 49.9 Å². The van der Waals surface area contributed by atoms with Crippen molar-refractivity contribution in [3.8, 4) is 0 Å². The van der Waals surface area contributed by atoms with E-state index in [1.165, 1.54) is 28.2 Å². The minimum absolute atomic E-state index is 0. The quantitative estimate of drug-likeness (QED) is 0.0434. The molecule has 0 aromatic heterocycles. The molecular weight excluding hydrogens is 1140 g/mol. The molecule has 5 rings (SSSR count). The summed E-state index contributed by atoms with van der Waals surface area (Å²) in [6.45, 7) is 31.5. The number of rotatable bonds is 12. The van der Waals surface area contributed by atoms with Gasteiger partial charge in [-0.1, -0.05) is 102 Å². The normalized spacial score (nSPS) is 14.3. The fourth-order valence-electron chi connectivity index (χ4n) is 8.77. The smallest absolute Gasteiger partial charge is 0.423 e. The molecule has 4 aromatic carbocycles. The number of carbonyl (C=O) groups is 6. The molecule has 0 spiro atoms. The van der Waals surface area contributed by atoms with E-state index in [0.29, 0.717) is 46.8 Å². The maximum atomic E-state index is 13.8. The van der Waals surface area contributed by atoms with Crippen molar-refractivity contribution in [3.05, 3.63) is 128 Å². The standard InChI is InChI=1S/C30H41BN2O5.C24H31BN2O5.ClH.HIO4.Na/c1-11-25(28(4,5)6)33(27(36)23-15-19(2)14-20(3)16-23)32-26(35)21-12-13-22(18-34)24(17-21)31-37-29(7,8)30(9,10)38-31;1-7-21(24(4,5)6)27(23(30)19-11-15(2)10-16(3)12-19)26-22(29)17-8-9-18(14-28)20(13-17)25(31)32;;2-1(3,4)5;/h12-18,25H,11H2,1-10H3,(H,32,35);8-14,21,31-32H,7H2,1-6H3,(H,26,29);1H;2H;/q;;;;+1/t25-;21-;;;/m11.../s1. The number of hydrogen-bond donors (Lipinski definition) is 5. The van der Waals surface area contributed by atoms with E-state index >= 15 is 0 Å². The van der Waals surface area contributed by atoms with E-state index in [-0.39, 0.29) is 93.3 Å². The van der Waals surface area contributed by atoms with Gasteiger partial charge in [-0.25, -0.2) is 10.0 Å². The number of nitrogens with one attached hydrogen (secondary N) is 2. The van der Waals surface area contributed by atoms with Gasteiger partial charge in [0.25, 0.3) is 23.6 Å². The number of halogens is 2. The minimum Gasteiger partial charge on any atom is -0.423 e. The molecule has 1 fully saturated rings. The molecule has 0 aliphatic carbocycles. The van der Waals surface area contributed by atoms with E-state index in [9.17, 15) is 38.8 Å². The first-order valence-corrected chi connectivity index (χ1v) is 28.0. The van der Waals surface area contributed by atoms with E-state index in [4.69, 9.17) is 23.1 Å². The summed E-state index contributed by atoms with van der Waals surface area (Å²) in [5.74, 6) is -1.66. The summed E-state index contributed by atoms with van der Waals surface area (Å²) in [5, 5.41) is 21.9.